The number of likely N-dealkylation sites (N-methyl/N-ethyl adjacent to an activating group) is 1. The van der Waals surface area contributed by atoms with E-state index in [2.05, 4.69) is 25.2 Å². The SMILES string of the molecule is CNC(CSCC(C)C)C1=CCCCO1. The van der Waals surface area contributed by atoms with Gasteiger partial charge in [0, 0.05) is 5.75 Å². The monoisotopic (exact) mass is 229 g/mol. The largest absolute Gasteiger partial charge is 0.497 e. The summed E-state index contributed by atoms with van der Waals surface area (Å²) in [4.78, 5) is 0. The molecular formula is C12H23NOS. The third kappa shape index (κ3) is 4.94. The van der Waals surface area contributed by atoms with Crippen molar-refractivity contribution in [2.24, 2.45) is 5.92 Å². The number of nitrogens with one attached hydrogen (secondary N) is 1. The Morgan fingerprint density at radius 3 is 2.80 bits per heavy atom. The molecule has 0 saturated carbocycles. The zero-order chi connectivity index (χ0) is 11.1. The van der Waals surface area contributed by atoms with Crippen molar-refractivity contribution in [2.75, 3.05) is 25.2 Å². The van der Waals surface area contributed by atoms with Gasteiger partial charge < -0.3 is 10.1 Å². The highest BCUT2D eigenvalue weighted by atomic mass is 32.2. The minimum atomic E-state index is 0.397. The third-order valence-corrected chi connectivity index (χ3v) is 3.86. The first-order chi connectivity index (χ1) is 7.24. The number of ether oxygens (including phenoxy) is 1. The summed E-state index contributed by atoms with van der Waals surface area (Å²) in [7, 11) is 2.01. The van der Waals surface area contributed by atoms with Crippen LogP contribution in [0.3, 0.4) is 0 Å². The summed E-state index contributed by atoms with van der Waals surface area (Å²) in [5.74, 6) is 4.26. The van der Waals surface area contributed by atoms with Crippen LogP contribution in [-0.2, 0) is 4.74 Å². The topological polar surface area (TPSA) is 21.3 Å². The first-order valence-electron chi connectivity index (χ1n) is 5.82. The zero-order valence-corrected chi connectivity index (χ0v) is 10.9. The average Bonchev–Trinajstić information content (AvgIpc) is 2.25. The maximum Gasteiger partial charge on any atom is 0.110 e. The second kappa shape index (κ2) is 7.18. The number of rotatable bonds is 6. The molecule has 1 aliphatic heterocycles. The highest BCUT2D eigenvalue weighted by molar-refractivity contribution is 7.99. The molecule has 88 valence electrons. The van der Waals surface area contributed by atoms with Gasteiger partial charge in [-0.1, -0.05) is 13.8 Å². The van der Waals surface area contributed by atoms with E-state index in [0.717, 1.165) is 24.0 Å². The molecule has 15 heavy (non-hydrogen) atoms. The minimum Gasteiger partial charge on any atom is -0.497 e. The molecule has 0 aromatic heterocycles. The van der Waals surface area contributed by atoms with Crippen molar-refractivity contribution in [3.8, 4) is 0 Å². The van der Waals surface area contributed by atoms with Crippen molar-refractivity contribution in [1.82, 2.24) is 5.32 Å². The molecule has 1 N–H and O–H groups in total. The highest BCUT2D eigenvalue weighted by Gasteiger charge is 2.15. The van der Waals surface area contributed by atoms with E-state index >= 15 is 0 Å². The van der Waals surface area contributed by atoms with Crippen LogP contribution in [0, 0.1) is 5.92 Å². The molecule has 0 aliphatic carbocycles. The van der Waals surface area contributed by atoms with Gasteiger partial charge in [-0.2, -0.15) is 11.8 Å². The summed E-state index contributed by atoms with van der Waals surface area (Å²) in [5, 5.41) is 3.33. The van der Waals surface area contributed by atoms with Crippen LogP contribution in [0.4, 0.5) is 0 Å². The number of hydrogen-bond donors (Lipinski definition) is 1. The van der Waals surface area contributed by atoms with E-state index in [-0.39, 0.29) is 0 Å². The lowest BCUT2D eigenvalue weighted by Crippen LogP contribution is -2.32. The van der Waals surface area contributed by atoms with Crippen molar-refractivity contribution in [2.45, 2.75) is 32.7 Å². The summed E-state index contributed by atoms with van der Waals surface area (Å²) >= 11 is 2.00. The van der Waals surface area contributed by atoms with Gasteiger partial charge >= 0.3 is 0 Å². The lowest BCUT2D eigenvalue weighted by atomic mass is 10.2. The van der Waals surface area contributed by atoms with Crippen molar-refractivity contribution in [1.29, 1.82) is 0 Å². The summed E-state index contributed by atoms with van der Waals surface area (Å²) < 4.78 is 5.67. The van der Waals surface area contributed by atoms with Crippen LogP contribution < -0.4 is 5.32 Å². The van der Waals surface area contributed by atoms with Gasteiger partial charge in [-0.25, -0.2) is 0 Å². The molecule has 0 saturated heterocycles. The fourth-order valence-electron chi connectivity index (χ4n) is 1.55. The Labute approximate surface area is 97.8 Å². The van der Waals surface area contributed by atoms with Crippen LogP contribution in [0.15, 0.2) is 11.8 Å². The lowest BCUT2D eigenvalue weighted by Gasteiger charge is -2.23. The van der Waals surface area contributed by atoms with Gasteiger partial charge in [-0.3, -0.25) is 0 Å². The van der Waals surface area contributed by atoms with E-state index in [4.69, 9.17) is 4.74 Å². The molecule has 0 aromatic carbocycles. The van der Waals surface area contributed by atoms with Gasteiger partial charge in [-0.05, 0) is 37.6 Å². The Balaban J connectivity index is 2.31. The molecule has 3 heteroatoms. The van der Waals surface area contributed by atoms with Crippen LogP contribution in [0.25, 0.3) is 0 Å². The third-order valence-electron chi connectivity index (χ3n) is 2.39. The first kappa shape index (κ1) is 12.9. The second-order valence-corrected chi connectivity index (χ2v) is 5.44. The number of hydrogen-bond acceptors (Lipinski definition) is 3. The smallest absolute Gasteiger partial charge is 0.110 e. The molecule has 1 atom stereocenters. The van der Waals surface area contributed by atoms with Gasteiger partial charge in [0.05, 0.1) is 12.6 Å². The fraction of sp³-hybridized carbons (Fsp3) is 0.833. The van der Waals surface area contributed by atoms with Crippen LogP contribution >= 0.6 is 11.8 Å². The predicted octanol–water partition coefficient (Wildman–Crippen LogP) is 2.66. The van der Waals surface area contributed by atoms with Gasteiger partial charge in [0.1, 0.15) is 5.76 Å². The lowest BCUT2D eigenvalue weighted by molar-refractivity contribution is 0.173. The Morgan fingerprint density at radius 2 is 2.27 bits per heavy atom. The molecule has 2 nitrogen and oxygen atoms in total. The van der Waals surface area contributed by atoms with E-state index in [9.17, 15) is 0 Å². The quantitative estimate of drug-likeness (QED) is 0.756. The maximum atomic E-state index is 5.67. The molecule has 0 fully saturated rings. The summed E-state index contributed by atoms with van der Waals surface area (Å²) in [6.45, 7) is 5.41. The van der Waals surface area contributed by atoms with E-state index in [1.165, 1.54) is 18.6 Å². The maximum absolute atomic E-state index is 5.67. The second-order valence-electron chi connectivity index (χ2n) is 4.37. The molecule has 1 heterocycles. The van der Waals surface area contributed by atoms with Crippen molar-refractivity contribution >= 4 is 11.8 Å². The molecule has 0 aromatic rings. The molecule has 0 radical (unpaired) electrons. The zero-order valence-electron chi connectivity index (χ0n) is 10.1. The molecule has 0 bridgehead atoms. The summed E-state index contributed by atoms with van der Waals surface area (Å²) in [6, 6.07) is 0.397. The fourth-order valence-corrected chi connectivity index (χ4v) is 2.72. The number of thioether (sulfide) groups is 1. The van der Waals surface area contributed by atoms with Crippen LogP contribution in [0.5, 0.6) is 0 Å². The van der Waals surface area contributed by atoms with Gasteiger partial charge in [0.2, 0.25) is 0 Å². The standard InChI is InChI=1S/C12H23NOS/c1-10(2)8-15-9-11(13-3)12-6-4-5-7-14-12/h6,10-11,13H,4-5,7-9H2,1-3H3. The van der Waals surface area contributed by atoms with Gasteiger partial charge in [0.15, 0.2) is 0 Å². The Bertz CT molecular complexity index is 204. The van der Waals surface area contributed by atoms with Crippen molar-refractivity contribution in [3.05, 3.63) is 11.8 Å². The Kier molecular flexibility index (Phi) is 6.18. The van der Waals surface area contributed by atoms with E-state index < -0.39 is 0 Å². The molecular weight excluding hydrogens is 206 g/mol. The van der Waals surface area contributed by atoms with E-state index in [1.54, 1.807) is 0 Å². The minimum absolute atomic E-state index is 0.397. The summed E-state index contributed by atoms with van der Waals surface area (Å²) in [5.41, 5.74) is 0. The first-order valence-corrected chi connectivity index (χ1v) is 6.97. The normalized spacial score (nSPS) is 18.5. The molecule has 0 amide bonds. The predicted molar refractivity (Wildman–Crippen MR) is 68.3 cm³/mol. The average molecular weight is 229 g/mol. The Morgan fingerprint density at radius 1 is 1.47 bits per heavy atom. The van der Waals surface area contributed by atoms with Crippen molar-refractivity contribution in [3.63, 3.8) is 0 Å². The van der Waals surface area contributed by atoms with Gasteiger partial charge in [-0.15, -0.1) is 0 Å². The van der Waals surface area contributed by atoms with E-state index in [0.29, 0.717) is 6.04 Å². The molecule has 1 aliphatic rings. The molecule has 1 unspecified atom stereocenters. The van der Waals surface area contributed by atoms with Gasteiger partial charge in [0.25, 0.3) is 0 Å². The molecule has 0 spiro atoms. The summed E-state index contributed by atoms with van der Waals surface area (Å²) in [6.07, 6.45) is 4.57. The van der Waals surface area contributed by atoms with Crippen LogP contribution in [0.2, 0.25) is 0 Å². The van der Waals surface area contributed by atoms with E-state index in [1.807, 2.05) is 18.8 Å². The van der Waals surface area contributed by atoms with Crippen LogP contribution in [-0.4, -0.2) is 31.2 Å². The Hall–Kier alpha value is -0.150. The highest BCUT2D eigenvalue weighted by Crippen LogP contribution is 2.18. The van der Waals surface area contributed by atoms with Crippen molar-refractivity contribution < 1.29 is 4.74 Å². The van der Waals surface area contributed by atoms with Crippen LogP contribution in [0.1, 0.15) is 26.7 Å². The molecule has 1 rings (SSSR count). The number of allylic oxidation sites excluding steroid dienone is 1.